The highest BCUT2D eigenvalue weighted by Gasteiger charge is 2.36. The van der Waals surface area contributed by atoms with Gasteiger partial charge in [-0.05, 0) is 55.3 Å². The first kappa shape index (κ1) is 19.2. The van der Waals surface area contributed by atoms with E-state index in [1.54, 1.807) is 18.2 Å². The van der Waals surface area contributed by atoms with Crippen molar-refractivity contribution in [3.8, 4) is 0 Å². The molecule has 0 radical (unpaired) electrons. The topological polar surface area (TPSA) is 49.4 Å². The van der Waals surface area contributed by atoms with Gasteiger partial charge in [0, 0.05) is 28.1 Å². The zero-order valence-electron chi connectivity index (χ0n) is 14.3. The van der Waals surface area contributed by atoms with Gasteiger partial charge in [0.2, 0.25) is 11.8 Å². The lowest BCUT2D eigenvalue weighted by atomic mass is 10.1. The molecule has 1 aliphatic heterocycles. The Morgan fingerprint density at radius 3 is 2.65 bits per heavy atom. The van der Waals surface area contributed by atoms with E-state index in [1.165, 1.54) is 4.90 Å². The van der Waals surface area contributed by atoms with Crippen molar-refractivity contribution in [1.29, 1.82) is 0 Å². The second kappa shape index (κ2) is 7.59. The van der Waals surface area contributed by atoms with Crippen molar-refractivity contribution in [1.82, 2.24) is 0 Å². The normalized spacial score (nSPS) is 16.9. The third-order valence-corrected chi connectivity index (χ3v) is 6.09. The number of hydrogen-bond donors (Lipinski definition) is 1. The molecule has 1 aliphatic rings. The summed E-state index contributed by atoms with van der Waals surface area (Å²) in [6.45, 7) is 4.21. The molecule has 4 nitrogen and oxygen atoms in total. The lowest BCUT2D eigenvalue weighted by Gasteiger charge is -2.19. The van der Waals surface area contributed by atoms with Gasteiger partial charge in [0.15, 0.2) is 0 Å². The smallest absolute Gasteiger partial charge is 0.229 e. The van der Waals surface area contributed by atoms with Gasteiger partial charge in [0.05, 0.1) is 16.6 Å². The lowest BCUT2D eigenvalue weighted by Crippen LogP contribution is -2.28. The van der Waals surface area contributed by atoms with Gasteiger partial charge in [-0.25, -0.2) is 0 Å². The minimum absolute atomic E-state index is 0.141. The van der Waals surface area contributed by atoms with Gasteiger partial charge in [-0.1, -0.05) is 39.1 Å². The van der Waals surface area contributed by atoms with Crippen molar-refractivity contribution in [2.45, 2.75) is 20.3 Å². The van der Waals surface area contributed by atoms with Gasteiger partial charge in [0.1, 0.15) is 0 Å². The molecule has 1 saturated heterocycles. The maximum absolute atomic E-state index is 12.7. The van der Waals surface area contributed by atoms with Gasteiger partial charge >= 0.3 is 0 Å². The summed E-state index contributed by atoms with van der Waals surface area (Å²) in [5.74, 6) is -0.761. The van der Waals surface area contributed by atoms with E-state index in [-0.39, 0.29) is 24.8 Å². The molecule has 0 spiro atoms. The standard InChI is InChI=1S/C19H17BrCl2N2O2/c1-10-11(2)16(6-4-14(10)20)23-19(26)12-7-18(25)24(9-12)17-8-13(21)3-5-15(17)22/h3-6,8,12H,7,9H2,1-2H3,(H,23,26)/t12-/m0/s1. The average Bonchev–Trinajstić information content (AvgIpc) is 2.99. The molecule has 1 heterocycles. The number of amides is 2. The summed E-state index contributed by atoms with van der Waals surface area (Å²) in [4.78, 5) is 26.6. The largest absolute Gasteiger partial charge is 0.326 e. The molecular formula is C19H17BrCl2N2O2. The number of nitrogens with zero attached hydrogens (tertiary/aromatic N) is 1. The molecule has 0 aromatic heterocycles. The van der Waals surface area contributed by atoms with E-state index in [2.05, 4.69) is 21.2 Å². The molecule has 3 rings (SSSR count). The Morgan fingerprint density at radius 1 is 1.19 bits per heavy atom. The van der Waals surface area contributed by atoms with Crippen molar-refractivity contribution in [3.63, 3.8) is 0 Å². The molecule has 1 N–H and O–H groups in total. The van der Waals surface area contributed by atoms with Crippen molar-refractivity contribution in [2.24, 2.45) is 5.92 Å². The van der Waals surface area contributed by atoms with E-state index in [0.717, 1.165) is 21.3 Å². The fourth-order valence-electron chi connectivity index (χ4n) is 2.97. The van der Waals surface area contributed by atoms with Crippen LogP contribution in [0.3, 0.4) is 0 Å². The third-order valence-electron chi connectivity index (χ3n) is 4.67. The summed E-state index contributed by atoms with van der Waals surface area (Å²) < 4.78 is 0.991. The molecule has 136 valence electrons. The molecule has 2 aromatic rings. The van der Waals surface area contributed by atoms with E-state index < -0.39 is 5.92 Å². The number of benzene rings is 2. The Hall–Kier alpha value is -1.56. The SMILES string of the molecule is Cc1c(Br)ccc(NC(=O)[C@H]2CC(=O)N(c3cc(Cl)ccc3Cl)C2)c1C. The highest BCUT2D eigenvalue weighted by molar-refractivity contribution is 9.10. The van der Waals surface area contributed by atoms with Crippen LogP contribution < -0.4 is 10.2 Å². The predicted molar refractivity (Wildman–Crippen MR) is 109 cm³/mol. The first-order valence-electron chi connectivity index (χ1n) is 8.10. The van der Waals surface area contributed by atoms with Crippen LogP contribution in [0.5, 0.6) is 0 Å². The zero-order chi connectivity index (χ0) is 19.0. The number of nitrogens with one attached hydrogen (secondary N) is 1. The minimum Gasteiger partial charge on any atom is -0.326 e. The monoisotopic (exact) mass is 454 g/mol. The minimum atomic E-state index is -0.444. The van der Waals surface area contributed by atoms with E-state index in [1.807, 2.05) is 26.0 Å². The van der Waals surface area contributed by atoms with Crippen molar-refractivity contribution in [3.05, 3.63) is 56.0 Å². The van der Waals surface area contributed by atoms with E-state index in [9.17, 15) is 9.59 Å². The van der Waals surface area contributed by atoms with Crippen LogP contribution in [0.1, 0.15) is 17.5 Å². The summed E-state index contributed by atoms with van der Waals surface area (Å²) in [7, 11) is 0. The number of rotatable bonds is 3. The Balaban J connectivity index is 1.77. The summed E-state index contributed by atoms with van der Waals surface area (Å²) in [6, 6.07) is 8.71. The lowest BCUT2D eigenvalue weighted by molar-refractivity contribution is -0.122. The molecule has 2 amide bonds. The Morgan fingerprint density at radius 2 is 1.92 bits per heavy atom. The number of carbonyl (C=O) groups excluding carboxylic acids is 2. The molecular weight excluding hydrogens is 439 g/mol. The van der Waals surface area contributed by atoms with Gasteiger partial charge in [-0.15, -0.1) is 0 Å². The number of anilines is 2. The maximum atomic E-state index is 12.7. The maximum Gasteiger partial charge on any atom is 0.229 e. The first-order valence-corrected chi connectivity index (χ1v) is 9.65. The molecule has 26 heavy (non-hydrogen) atoms. The van der Waals surface area contributed by atoms with E-state index >= 15 is 0 Å². The quantitative estimate of drug-likeness (QED) is 0.676. The molecule has 7 heteroatoms. The third kappa shape index (κ3) is 3.75. The molecule has 0 saturated carbocycles. The van der Waals surface area contributed by atoms with E-state index in [0.29, 0.717) is 15.7 Å². The second-order valence-electron chi connectivity index (χ2n) is 6.34. The molecule has 2 aromatic carbocycles. The second-order valence-corrected chi connectivity index (χ2v) is 8.03. The van der Waals surface area contributed by atoms with Crippen molar-refractivity contribution < 1.29 is 9.59 Å². The molecule has 0 aliphatic carbocycles. The molecule has 1 fully saturated rings. The Kier molecular flexibility index (Phi) is 5.61. The summed E-state index contributed by atoms with van der Waals surface area (Å²) in [6.07, 6.45) is 0.142. The first-order chi connectivity index (χ1) is 12.3. The summed E-state index contributed by atoms with van der Waals surface area (Å²) >= 11 is 15.7. The van der Waals surface area contributed by atoms with Crippen LogP contribution in [0.25, 0.3) is 0 Å². The Labute approximate surface area is 170 Å². The van der Waals surface area contributed by atoms with Gasteiger partial charge < -0.3 is 10.2 Å². The Bertz CT molecular complexity index is 901. The highest BCUT2D eigenvalue weighted by atomic mass is 79.9. The average molecular weight is 456 g/mol. The fraction of sp³-hybridized carbons (Fsp3) is 0.263. The molecule has 0 bridgehead atoms. The van der Waals surface area contributed by atoms with Crippen molar-refractivity contribution >= 4 is 62.3 Å². The van der Waals surface area contributed by atoms with Gasteiger partial charge in [-0.2, -0.15) is 0 Å². The van der Waals surface area contributed by atoms with Gasteiger partial charge in [-0.3, -0.25) is 9.59 Å². The van der Waals surface area contributed by atoms with Crippen LogP contribution in [0, 0.1) is 19.8 Å². The molecule has 1 atom stereocenters. The van der Waals surface area contributed by atoms with Crippen LogP contribution in [-0.4, -0.2) is 18.4 Å². The van der Waals surface area contributed by atoms with Crippen LogP contribution in [0.2, 0.25) is 10.0 Å². The van der Waals surface area contributed by atoms with Gasteiger partial charge in [0.25, 0.3) is 0 Å². The highest BCUT2D eigenvalue weighted by Crippen LogP contribution is 2.34. The summed E-state index contributed by atoms with van der Waals surface area (Å²) in [5.41, 5.74) is 3.35. The zero-order valence-corrected chi connectivity index (χ0v) is 17.4. The number of carbonyl (C=O) groups is 2. The molecule has 0 unspecified atom stereocenters. The van der Waals surface area contributed by atoms with Crippen LogP contribution >= 0.6 is 39.1 Å². The number of hydrogen-bond acceptors (Lipinski definition) is 2. The predicted octanol–water partition coefficient (Wildman–Crippen LogP) is 5.36. The van der Waals surface area contributed by atoms with Crippen LogP contribution in [0.15, 0.2) is 34.8 Å². The van der Waals surface area contributed by atoms with Crippen LogP contribution in [-0.2, 0) is 9.59 Å². The van der Waals surface area contributed by atoms with E-state index in [4.69, 9.17) is 23.2 Å². The number of halogens is 3. The fourth-order valence-corrected chi connectivity index (χ4v) is 3.78. The van der Waals surface area contributed by atoms with Crippen LogP contribution in [0.4, 0.5) is 11.4 Å². The van der Waals surface area contributed by atoms with Crippen molar-refractivity contribution in [2.75, 3.05) is 16.8 Å². The summed E-state index contributed by atoms with van der Waals surface area (Å²) in [5, 5.41) is 3.87.